The summed E-state index contributed by atoms with van der Waals surface area (Å²) >= 11 is 0. The van der Waals surface area contributed by atoms with Gasteiger partial charge in [-0.3, -0.25) is 4.90 Å². The van der Waals surface area contributed by atoms with Crippen molar-refractivity contribution in [2.45, 2.75) is 32.5 Å². The average Bonchev–Trinajstić information content (AvgIpc) is 2.44. The quantitative estimate of drug-likeness (QED) is 0.907. The van der Waals surface area contributed by atoms with Crippen LogP contribution in [0.5, 0.6) is 11.5 Å². The molecule has 2 rings (SSSR count). The van der Waals surface area contributed by atoms with E-state index in [9.17, 15) is 8.78 Å². The molecule has 0 spiro atoms. The number of nitrogens with two attached hydrogens (primary N) is 1. The van der Waals surface area contributed by atoms with E-state index in [1.54, 1.807) is 12.1 Å². The van der Waals surface area contributed by atoms with Gasteiger partial charge in [0.05, 0.1) is 7.11 Å². The fourth-order valence-corrected chi connectivity index (χ4v) is 2.66. The predicted molar refractivity (Wildman–Crippen MR) is 76.7 cm³/mol. The number of methoxy groups -OCH3 is 1. The van der Waals surface area contributed by atoms with Crippen molar-refractivity contribution in [2.24, 2.45) is 11.7 Å². The van der Waals surface area contributed by atoms with Crippen LogP contribution in [0.1, 0.15) is 18.9 Å². The van der Waals surface area contributed by atoms with Crippen molar-refractivity contribution in [2.75, 3.05) is 20.2 Å². The third-order valence-corrected chi connectivity index (χ3v) is 3.91. The van der Waals surface area contributed by atoms with E-state index in [4.69, 9.17) is 10.5 Å². The first-order valence-electron chi connectivity index (χ1n) is 7.09. The maximum atomic E-state index is 12.3. The highest BCUT2D eigenvalue weighted by atomic mass is 19.3. The lowest BCUT2D eigenvalue weighted by atomic mass is 9.94. The fourth-order valence-electron chi connectivity index (χ4n) is 2.66. The van der Waals surface area contributed by atoms with E-state index in [2.05, 4.69) is 16.6 Å². The molecule has 0 saturated carbocycles. The highest BCUT2D eigenvalue weighted by Gasteiger charge is 2.23. The Morgan fingerprint density at radius 3 is 2.76 bits per heavy atom. The van der Waals surface area contributed by atoms with E-state index in [0.29, 0.717) is 11.7 Å². The molecule has 1 fully saturated rings. The number of hydrogen-bond donors (Lipinski definition) is 1. The summed E-state index contributed by atoms with van der Waals surface area (Å²) in [5.41, 5.74) is 7.02. The largest absolute Gasteiger partial charge is 0.493 e. The van der Waals surface area contributed by atoms with Gasteiger partial charge in [0.2, 0.25) is 0 Å². The van der Waals surface area contributed by atoms with Crippen LogP contribution in [0.15, 0.2) is 18.2 Å². The van der Waals surface area contributed by atoms with Crippen LogP contribution in [-0.4, -0.2) is 37.8 Å². The zero-order chi connectivity index (χ0) is 15.4. The molecular formula is C15H22F2N2O2. The van der Waals surface area contributed by atoms with Gasteiger partial charge < -0.3 is 15.2 Å². The molecule has 1 saturated heterocycles. The van der Waals surface area contributed by atoms with Gasteiger partial charge in [0.25, 0.3) is 0 Å². The number of likely N-dealkylation sites (tertiary alicyclic amines) is 1. The third kappa shape index (κ3) is 4.28. The van der Waals surface area contributed by atoms with Gasteiger partial charge in [0.1, 0.15) is 0 Å². The zero-order valence-electron chi connectivity index (χ0n) is 12.4. The van der Waals surface area contributed by atoms with E-state index < -0.39 is 6.61 Å². The molecule has 1 aromatic carbocycles. The predicted octanol–water partition coefficient (Wildman–Crippen LogP) is 2.47. The Morgan fingerprint density at radius 1 is 1.38 bits per heavy atom. The smallest absolute Gasteiger partial charge is 0.387 e. The lowest BCUT2D eigenvalue weighted by Crippen LogP contribution is -2.45. The first-order chi connectivity index (χ1) is 9.99. The zero-order valence-corrected chi connectivity index (χ0v) is 12.4. The number of piperidine rings is 1. The van der Waals surface area contributed by atoms with Crippen LogP contribution in [0.3, 0.4) is 0 Å². The minimum atomic E-state index is -2.85. The summed E-state index contributed by atoms with van der Waals surface area (Å²) in [5.74, 6) is 0.849. The van der Waals surface area contributed by atoms with Gasteiger partial charge in [-0.1, -0.05) is 13.0 Å². The van der Waals surface area contributed by atoms with E-state index in [1.165, 1.54) is 13.2 Å². The Hall–Kier alpha value is -1.40. The van der Waals surface area contributed by atoms with Crippen LogP contribution in [0.2, 0.25) is 0 Å². The van der Waals surface area contributed by atoms with E-state index >= 15 is 0 Å². The first-order valence-corrected chi connectivity index (χ1v) is 7.09. The lowest BCUT2D eigenvalue weighted by molar-refractivity contribution is -0.0512. The molecular weight excluding hydrogens is 278 g/mol. The molecule has 0 bridgehead atoms. The molecule has 2 atom stereocenters. The summed E-state index contributed by atoms with van der Waals surface area (Å²) in [6.07, 6.45) is 0.977. The standard InChI is InChI=1S/C15H22F2N2O2/c1-10-8-19(6-5-12(10)18)9-11-3-4-13(21-15(16)17)14(7-11)20-2/h3-4,7,10,12,15H,5-6,8-9,18H2,1-2H3. The molecule has 21 heavy (non-hydrogen) atoms. The summed E-state index contributed by atoms with van der Waals surface area (Å²) in [6.45, 7) is 1.94. The average molecular weight is 300 g/mol. The molecule has 1 aromatic rings. The summed E-state index contributed by atoms with van der Waals surface area (Å²) in [5, 5.41) is 0. The van der Waals surface area contributed by atoms with Crippen molar-refractivity contribution < 1.29 is 18.3 Å². The molecule has 2 N–H and O–H groups in total. The van der Waals surface area contributed by atoms with Gasteiger partial charge in [-0.2, -0.15) is 8.78 Å². The van der Waals surface area contributed by atoms with Gasteiger partial charge in [-0.15, -0.1) is 0 Å². The Kier molecular flexibility index (Phi) is 5.36. The Balaban J connectivity index is 2.04. The second-order valence-corrected chi connectivity index (χ2v) is 5.53. The number of benzene rings is 1. The molecule has 0 radical (unpaired) electrons. The number of alkyl halides is 2. The third-order valence-electron chi connectivity index (χ3n) is 3.91. The van der Waals surface area contributed by atoms with Crippen LogP contribution in [-0.2, 0) is 6.54 Å². The topological polar surface area (TPSA) is 47.7 Å². The monoisotopic (exact) mass is 300 g/mol. The molecule has 0 aliphatic carbocycles. The van der Waals surface area contributed by atoms with E-state index in [0.717, 1.165) is 31.6 Å². The van der Waals surface area contributed by atoms with E-state index in [1.807, 2.05) is 0 Å². The number of halogens is 2. The van der Waals surface area contributed by atoms with Gasteiger partial charge >= 0.3 is 6.61 Å². The fraction of sp³-hybridized carbons (Fsp3) is 0.600. The molecule has 1 aliphatic rings. The molecule has 2 unspecified atom stereocenters. The number of hydrogen-bond acceptors (Lipinski definition) is 4. The van der Waals surface area contributed by atoms with Crippen LogP contribution < -0.4 is 15.2 Å². The van der Waals surface area contributed by atoms with Gasteiger partial charge in [-0.05, 0) is 36.6 Å². The van der Waals surface area contributed by atoms with Gasteiger partial charge in [0, 0.05) is 19.1 Å². The van der Waals surface area contributed by atoms with Crippen LogP contribution in [0.4, 0.5) is 8.78 Å². The molecule has 0 amide bonds. The maximum absolute atomic E-state index is 12.3. The Morgan fingerprint density at radius 2 is 2.14 bits per heavy atom. The van der Waals surface area contributed by atoms with Crippen molar-refractivity contribution in [3.63, 3.8) is 0 Å². The summed E-state index contributed by atoms with van der Waals surface area (Å²) in [6, 6.07) is 5.33. The highest BCUT2D eigenvalue weighted by Crippen LogP contribution is 2.30. The number of ether oxygens (including phenoxy) is 2. The number of nitrogens with zero attached hydrogens (tertiary/aromatic N) is 1. The lowest BCUT2D eigenvalue weighted by Gasteiger charge is -2.35. The summed E-state index contributed by atoms with van der Waals surface area (Å²) < 4.78 is 34.1. The Labute approximate surface area is 123 Å². The molecule has 1 aliphatic heterocycles. The first kappa shape index (κ1) is 16.0. The van der Waals surface area contributed by atoms with Crippen molar-refractivity contribution in [3.05, 3.63) is 23.8 Å². The van der Waals surface area contributed by atoms with Gasteiger partial charge in [-0.25, -0.2) is 0 Å². The molecule has 118 valence electrons. The minimum Gasteiger partial charge on any atom is -0.493 e. The van der Waals surface area contributed by atoms with Crippen LogP contribution in [0, 0.1) is 5.92 Å². The SMILES string of the molecule is COc1cc(CN2CCC(N)C(C)C2)ccc1OC(F)F. The summed E-state index contributed by atoms with van der Waals surface area (Å²) in [4.78, 5) is 2.32. The van der Waals surface area contributed by atoms with Gasteiger partial charge in [0.15, 0.2) is 11.5 Å². The van der Waals surface area contributed by atoms with Crippen molar-refractivity contribution in [3.8, 4) is 11.5 Å². The molecule has 1 heterocycles. The van der Waals surface area contributed by atoms with E-state index in [-0.39, 0.29) is 11.8 Å². The Bertz CT molecular complexity index is 471. The molecule has 4 nitrogen and oxygen atoms in total. The number of rotatable bonds is 5. The molecule has 0 aromatic heterocycles. The normalized spacial score (nSPS) is 23.3. The van der Waals surface area contributed by atoms with Crippen molar-refractivity contribution >= 4 is 0 Å². The minimum absolute atomic E-state index is 0.0604. The van der Waals surface area contributed by atoms with Crippen molar-refractivity contribution in [1.82, 2.24) is 4.90 Å². The van der Waals surface area contributed by atoms with Crippen molar-refractivity contribution in [1.29, 1.82) is 0 Å². The van der Waals surface area contributed by atoms with Crippen LogP contribution >= 0.6 is 0 Å². The highest BCUT2D eigenvalue weighted by molar-refractivity contribution is 5.43. The second-order valence-electron chi connectivity index (χ2n) is 5.53. The van der Waals surface area contributed by atoms with Crippen LogP contribution in [0.25, 0.3) is 0 Å². The summed E-state index contributed by atoms with van der Waals surface area (Å²) in [7, 11) is 1.44. The molecule has 6 heteroatoms. The maximum Gasteiger partial charge on any atom is 0.387 e. The second kappa shape index (κ2) is 7.04.